The number of benzene rings is 2. The van der Waals surface area contributed by atoms with Crippen LogP contribution in [0.2, 0.25) is 0 Å². The van der Waals surface area contributed by atoms with E-state index in [2.05, 4.69) is 53.2 Å². The van der Waals surface area contributed by atoms with Gasteiger partial charge in [-0.25, -0.2) is 0 Å². The Balaban J connectivity index is 1.76. The van der Waals surface area contributed by atoms with Crippen molar-refractivity contribution in [2.45, 2.75) is 33.4 Å². The van der Waals surface area contributed by atoms with Crippen molar-refractivity contribution in [3.8, 4) is 11.5 Å². The average Bonchev–Trinajstić information content (AvgIpc) is 2.97. The topological polar surface area (TPSA) is 47.8 Å². The van der Waals surface area contributed by atoms with Crippen molar-refractivity contribution in [3.05, 3.63) is 59.3 Å². The highest BCUT2D eigenvalue weighted by Crippen LogP contribution is 2.27. The Hall–Kier alpha value is -2.95. The van der Waals surface area contributed by atoms with Gasteiger partial charge in [-0.15, -0.1) is 0 Å². The number of hydrogen-bond acceptors (Lipinski definition) is 4. The molecule has 0 aliphatic carbocycles. The zero-order valence-corrected chi connectivity index (χ0v) is 16.5. The molecule has 0 saturated carbocycles. The lowest BCUT2D eigenvalue weighted by Gasteiger charge is -2.09. The van der Waals surface area contributed by atoms with Crippen LogP contribution in [0.3, 0.4) is 0 Å². The van der Waals surface area contributed by atoms with Crippen molar-refractivity contribution < 1.29 is 9.47 Å². The first kappa shape index (κ1) is 18.8. The average molecular weight is 365 g/mol. The molecule has 0 saturated heterocycles. The number of fused-ring (bicyclic) bond motifs is 1. The van der Waals surface area contributed by atoms with Crippen LogP contribution >= 0.6 is 0 Å². The maximum Gasteiger partial charge on any atom is 0.161 e. The number of aryl methyl sites for hydroxylation is 1. The van der Waals surface area contributed by atoms with Crippen LogP contribution in [-0.2, 0) is 13.1 Å². The number of para-hydroxylation sites is 1. The molecule has 0 radical (unpaired) electrons. The predicted octanol–water partition coefficient (Wildman–Crippen LogP) is 4.50. The Morgan fingerprint density at radius 1 is 1.07 bits per heavy atom. The maximum atomic E-state index is 5.35. The minimum atomic E-state index is 0.615. The maximum absolute atomic E-state index is 5.35. The largest absolute Gasteiger partial charge is 0.493 e. The summed E-state index contributed by atoms with van der Waals surface area (Å²) >= 11 is 0. The van der Waals surface area contributed by atoms with E-state index >= 15 is 0 Å². The van der Waals surface area contributed by atoms with Gasteiger partial charge >= 0.3 is 0 Å². The summed E-state index contributed by atoms with van der Waals surface area (Å²) in [6, 6.07) is 14.4. The van der Waals surface area contributed by atoms with Gasteiger partial charge in [0.25, 0.3) is 0 Å². The molecule has 0 amide bonds. The van der Waals surface area contributed by atoms with Crippen molar-refractivity contribution in [1.29, 1.82) is 0 Å². The first-order valence-corrected chi connectivity index (χ1v) is 9.24. The summed E-state index contributed by atoms with van der Waals surface area (Å²) in [6.45, 7) is 5.99. The van der Waals surface area contributed by atoms with Gasteiger partial charge in [0.2, 0.25) is 0 Å². The molecule has 1 aromatic heterocycles. The monoisotopic (exact) mass is 365 g/mol. The van der Waals surface area contributed by atoms with Crippen LogP contribution < -0.4 is 14.9 Å². The van der Waals surface area contributed by atoms with Crippen molar-refractivity contribution in [2.24, 2.45) is 5.10 Å². The van der Waals surface area contributed by atoms with Crippen LogP contribution in [-0.4, -0.2) is 25.0 Å². The van der Waals surface area contributed by atoms with Crippen molar-refractivity contribution >= 4 is 17.1 Å². The van der Waals surface area contributed by atoms with Crippen LogP contribution in [0.5, 0.6) is 11.5 Å². The Bertz CT molecular complexity index is 944. The predicted molar refractivity (Wildman–Crippen MR) is 111 cm³/mol. The fourth-order valence-corrected chi connectivity index (χ4v) is 3.37. The van der Waals surface area contributed by atoms with Crippen LogP contribution in [0.4, 0.5) is 0 Å². The summed E-state index contributed by atoms with van der Waals surface area (Å²) in [5.74, 6) is 1.45. The van der Waals surface area contributed by atoms with E-state index in [4.69, 9.17) is 9.47 Å². The summed E-state index contributed by atoms with van der Waals surface area (Å²) < 4.78 is 13.0. The third-order valence-corrected chi connectivity index (χ3v) is 4.74. The van der Waals surface area contributed by atoms with E-state index in [9.17, 15) is 0 Å². The summed E-state index contributed by atoms with van der Waals surface area (Å²) in [4.78, 5) is 0. The number of ether oxygens (including phenoxy) is 2. The number of nitrogens with one attached hydrogen (secondary N) is 1. The molecule has 0 spiro atoms. The molecule has 0 aliphatic rings. The van der Waals surface area contributed by atoms with E-state index in [0.717, 1.165) is 30.0 Å². The van der Waals surface area contributed by atoms with Gasteiger partial charge in [-0.3, -0.25) is 0 Å². The SMILES string of the molecule is CCCn1c(C)c(/C=N\NCc2ccc(OC)c(OC)c2)c2ccccc21. The Labute approximate surface area is 160 Å². The number of hydrazone groups is 1. The van der Waals surface area contributed by atoms with Gasteiger partial charge in [0, 0.05) is 28.7 Å². The number of hydrogen-bond donors (Lipinski definition) is 1. The van der Waals surface area contributed by atoms with E-state index in [1.165, 1.54) is 22.2 Å². The van der Waals surface area contributed by atoms with Gasteiger partial charge in [-0.05, 0) is 37.1 Å². The molecule has 0 aliphatic heterocycles. The highest BCUT2D eigenvalue weighted by Gasteiger charge is 2.11. The molecule has 3 rings (SSSR count). The lowest BCUT2D eigenvalue weighted by atomic mass is 10.1. The number of aromatic nitrogens is 1. The van der Waals surface area contributed by atoms with Gasteiger partial charge in [-0.2, -0.15) is 5.10 Å². The quantitative estimate of drug-likeness (QED) is 0.472. The lowest BCUT2D eigenvalue weighted by molar-refractivity contribution is 0.354. The number of nitrogens with zero attached hydrogens (tertiary/aromatic N) is 2. The van der Waals surface area contributed by atoms with E-state index in [1.54, 1.807) is 14.2 Å². The summed E-state index contributed by atoms with van der Waals surface area (Å²) in [6.07, 6.45) is 3.03. The van der Waals surface area contributed by atoms with Crippen LogP contribution in [0.15, 0.2) is 47.6 Å². The van der Waals surface area contributed by atoms with Gasteiger partial charge in [0.15, 0.2) is 11.5 Å². The molecule has 5 heteroatoms. The molecular weight excluding hydrogens is 338 g/mol. The van der Waals surface area contributed by atoms with Crippen LogP contribution in [0, 0.1) is 6.92 Å². The van der Waals surface area contributed by atoms with E-state index < -0.39 is 0 Å². The molecule has 5 nitrogen and oxygen atoms in total. The molecule has 0 fully saturated rings. The lowest BCUT2D eigenvalue weighted by Crippen LogP contribution is -2.06. The second-order valence-electron chi connectivity index (χ2n) is 6.45. The van der Waals surface area contributed by atoms with Crippen LogP contribution in [0.1, 0.15) is 30.2 Å². The molecule has 27 heavy (non-hydrogen) atoms. The van der Waals surface area contributed by atoms with Crippen molar-refractivity contribution in [2.75, 3.05) is 14.2 Å². The van der Waals surface area contributed by atoms with Crippen molar-refractivity contribution in [1.82, 2.24) is 9.99 Å². The van der Waals surface area contributed by atoms with Crippen molar-refractivity contribution in [3.63, 3.8) is 0 Å². The first-order valence-electron chi connectivity index (χ1n) is 9.24. The third-order valence-electron chi connectivity index (χ3n) is 4.74. The van der Waals surface area contributed by atoms with E-state index in [1.807, 2.05) is 24.4 Å². The Kier molecular flexibility index (Phi) is 6.01. The van der Waals surface area contributed by atoms with Gasteiger partial charge < -0.3 is 19.5 Å². The fraction of sp³-hybridized carbons (Fsp3) is 0.318. The fourth-order valence-electron chi connectivity index (χ4n) is 3.37. The molecular formula is C22H27N3O2. The highest BCUT2D eigenvalue weighted by atomic mass is 16.5. The number of rotatable bonds is 8. The molecule has 3 aromatic rings. The summed E-state index contributed by atoms with van der Waals surface area (Å²) in [5.41, 5.74) is 7.89. The molecule has 0 atom stereocenters. The summed E-state index contributed by atoms with van der Waals surface area (Å²) in [5, 5.41) is 5.70. The van der Waals surface area contributed by atoms with Gasteiger partial charge in [0.1, 0.15) is 0 Å². The molecule has 0 unspecified atom stereocenters. The van der Waals surface area contributed by atoms with Gasteiger partial charge in [0.05, 0.1) is 27.0 Å². The normalized spacial score (nSPS) is 11.3. The van der Waals surface area contributed by atoms with Crippen LogP contribution in [0.25, 0.3) is 10.9 Å². The minimum absolute atomic E-state index is 0.615. The molecule has 0 bridgehead atoms. The zero-order chi connectivity index (χ0) is 19.2. The molecule has 142 valence electrons. The standard InChI is InChI=1S/C22H27N3O2/c1-5-12-25-16(2)19(18-8-6-7-9-20(18)25)15-24-23-14-17-10-11-21(26-3)22(13-17)27-4/h6-11,13,15,23H,5,12,14H2,1-4H3/b24-15-. The highest BCUT2D eigenvalue weighted by molar-refractivity contribution is 6.01. The smallest absolute Gasteiger partial charge is 0.161 e. The van der Waals surface area contributed by atoms with E-state index in [-0.39, 0.29) is 0 Å². The molecule has 1 heterocycles. The third kappa shape index (κ3) is 3.92. The Morgan fingerprint density at radius 2 is 1.85 bits per heavy atom. The molecule has 2 aromatic carbocycles. The van der Waals surface area contributed by atoms with E-state index in [0.29, 0.717) is 6.54 Å². The summed E-state index contributed by atoms with van der Waals surface area (Å²) in [7, 11) is 3.28. The first-order chi connectivity index (χ1) is 13.2. The molecule has 1 N–H and O–H groups in total. The minimum Gasteiger partial charge on any atom is -0.493 e. The zero-order valence-electron chi connectivity index (χ0n) is 16.5. The Morgan fingerprint density at radius 3 is 2.59 bits per heavy atom. The second kappa shape index (κ2) is 8.62. The second-order valence-corrected chi connectivity index (χ2v) is 6.45. The van der Waals surface area contributed by atoms with Gasteiger partial charge in [-0.1, -0.05) is 31.2 Å². The number of methoxy groups -OCH3 is 2.